The van der Waals surface area contributed by atoms with Gasteiger partial charge in [0.2, 0.25) is 5.91 Å². The minimum Gasteiger partial charge on any atom is -0.376 e. The van der Waals surface area contributed by atoms with E-state index in [-0.39, 0.29) is 18.6 Å². The van der Waals surface area contributed by atoms with Gasteiger partial charge >= 0.3 is 0 Å². The highest BCUT2D eigenvalue weighted by atomic mass is 16.6. The molecule has 1 fully saturated rings. The SMILES string of the molecule is CN(Cc1ccc2nonc2c1)C(=O)COC[C@@H]1CCCCO1. The second-order valence-corrected chi connectivity index (χ2v) is 5.84. The van der Waals surface area contributed by atoms with Crippen LogP contribution < -0.4 is 0 Å². The van der Waals surface area contributed by atoms with Crippen LogP contribution in [0.1, 0.15) is 24.8 Å². The molecule has 23 heavy (non-hydrogen) atoms. The van der Waals surface area contributed by atoms with Crippen molar-refractivity contribution in [1.29, 1.82) is 0 Å². The largest absolute Gasteiger partial charge is 0.376 e. The Morgan fingerprint density at radius 2 is 2.22 bits per heavy atom. The zero-order valence-corrected chi connectivity index (χ0v) is 13.2. The molecule has 0 radical (unpaired) electrons. The van der Waals surface area contributed by atoms with Crippen LogP contribution in [-0.4, -0.2) is 54.1 Å². The van der Waals surface area contributed by atoms with Gasteiger partial charge in [0.25, 0.3) is 0 Å². The van der Waals surface area contributed by atoms with Crippen LogP contribution in [0.4, 0.5) is 0 Å². The van der Waals surface area contributed by atoms with Crippen molar-refractivity contribution in [2.45, 2.75) is 31.9 Å². The molecule has 1 aliphatic rings. The van der Waals surface area contributed by atoms with Gasteiger partial charge in [-0.3, -0.25) is 4.79 Å². The fourth-order valence-electron chi connectivity index (χ4n) is 2.61. The van der Waals surface area contributed by atoms with Gasteiger partial charge in [0.1, 0.15) is 17.6 Å². The average molecular weight is 319 g/mol. The van der Waals surface area contributed by atoms with Gasteiger partial charge in [-0.15, -0.1) is 0 Å². The maximum atomic E-state index is 12.1. The summed E-state index contributed by atoms with van der Waals surface area (Å²) in [6.07, 6.45) is 3.42. The molecule has 1 aliphatic heterocycles. The molecule has 1 aromatic carbocycles. The number of carbonyl (C=O) groups is 1. The molecule has 0 N–H and O–H groups in total. The number of hydrogen-bond donors (Lipinski definition) is 0. The number of fused-ring (bicyclic) bond motifs is 1. The van der Waals surface area contributed by atoms with Crippen LogP contribution in [0.3, 0.4) is 0 Å². The molecule has 0 bridgehead atoms. The van der Waals surface area contributed by atoms with Crippen molar-refractivity contribution >= 4 is 16.9 Å². The fraction of sp³-hybridized carbons (Fsp3) is 0.562. The number of benzene rings is 1. The van der Waals surface area contributed by atoms with E-state index in [4.69, 9.17) is 9.47 Å². The van der Waals surface area contributed by atoms with Crippen molar-refractivity contribution < 1.29 is 18.9 Å². The molecule has 2 heterocycles. The molecule has 1 aromatic heterocycles. The molecule has 7 nitrogen and oxygen atoms in total. The normalized spacial score (nSPS) is 18.2. The van der Waals surface area contributed by atoms with E-state index in [1.807, 2.05) is 18.2 Å². The lowest BCUT2D eigenvalue weighted by atomic mass is 10.1. The number of aromatic nitrogens is 2. The molecule has 0 unspecified atom stereocenters. The summed E-state index contributed by atoms with van der Waals surface area (Å²) in [5, 5.41) is 7.57. The lowest BCUT2D eigenvalue weighted by molar-refractivity contribution is -0.137. The Labute approximate surface area is 134 Å². The molecule has 7 heteroatoms. The van der Waals surface area contributed by atoms with Crippen LogP contribution in [-0.2, 0) is 20.8 Å². The highest BCUT2D eigenvalue weighted by Crippen LogP contribution is 2.14. The Hall–Kier alpha value is -1.99. The van der Waals surface area contributed by atoms with E-state index >= 15 is 0 Å². The van der Waals surface area contributed by atoms with Crippen molar-refractivity contribution in [2.24, 2.45) is 0 Å². The minimum absolute atomic E-state index is 0.0563. The molecule has 1 atom stereocenters. The maximum absolute atomic E-state index is 12.1. The van der Waals surface area contributed by atoms with E-state index in [0.29, 0.717) is 24.2 Å². The first kappa shape index (κ1) is 15.9. The van der Waals surface area contributed by atoms with Crippen LogP contribution in [0.25, 0.3) is 11.0 Å². The van der Waals surface area contributed by atoms with Gasteiger partial charge in [-0.05, 0) is 47.3 Å². The smallest absolute Gasteiger partial charge is 0.248 e. The number of ether oxygens (including phenoxy) is 2. The zero-order valence-electron chi connectivity index (χ0n) is 13.2. The van der Waals surface area contributed by atoms with Crippen molar-refractivity contribution in [3.63, 3.8) is 0 Å². The van der Waals surface area contributed by atoms with Gasteiger partial charge in [0.15, 0.2) is 0 Å². The Bertz CT molecular complexity index is 652. The third-order valence-electron chi connectivity index (χ3n) is 3.97. The molecular formula is C16H21N3O4. The first-order chi connectivity index (χ1) is 11.2. The third kappa shape index (κ3) is 4.27. The quantitative estimate of drug-likeness (QED) is 0.807. The number of likely N-dealkylation sites (N-methyl/N-ethyl adjacent to an activating group) is 1. The van der Waals surface area contributed by atoms with Gasteiger partial charge in [-0.2, -0.15) is 0 Å². The summed E-state index contributed by atoms with van der Waals surface area (Å²) in [5.74, 6) is -0.0563. The van der Waals surface area contributed by atoms with Gasteiger partial charge < -0.3 is 14.4 Å². The van der Waals surface area contributed by atoms with Gasteiger partial charge in [-0.25, -0.2) is 4.63 Å². The van der Waals surface area contributed by atoms with Crippen LogP contribution in [0.2, 0.25) is 0 Å². The number of amides is 1. The highest BCUT2D eigenvalue weighted by Gasteiger charge is 2.16. The Morgan fingerprint density at radius 3 is 3.04 bits per heavy atom. The summed E-state index contributed by atoms with van der Waals surface area (Å²) in [4.78, 5) is 13.8. The van der Waals surface area contributed by atoms with E-state index < -0.39 is 0 Å². The standard InChI is InChI=1S/C16H21N3O4/c1-19(9-12-5-6-14-15(8-12)18-23-17-14)16(20)11-21-10-13-4-2-3-7-22-13/h5-6,8,13H,2-4,7,9-11H2,1H3/t13-/m0/s1. The summed E-state index contributed by atoms with van der Waals surface area (Å²) >= 11 is 0. The van der Waals surface area contributed by atoms with Gasteiger partial charge in [-0.1, -0.05) is 6.07 Å². The summed E-state index contributed by atoms with van der Waals surface area (Å²) in [6.45, 7) is 1.84. The van der Waals surface area contributed by atoms with Crippen molar-refractivity contribution in [1.82, 2.24) is 15.2 Å². The van der Waals surface area contributed by atoms with Gasteiger partial charge in [0, 0.05) is 20.2 Å². The predicted octanol–water partition coefficient (Wildman–Crippen LogP) is 1.77. The molecular weight excluding hydrogens is 298 g/mol. The van der Waals surface area contributed by atoms with Crippen LogP contribution in [0, 0.1) is 0 Å². The van der Waals surface area contributed by atoms with E-state index in [2.05, 4.69) is 14.9 Å². The first-order valence-corrected chi connectivity index (χ1v) is 7.87. The highest BCUT2D eigenvalue weighted by molar-refractivity contribution is 5.77. The molecule has 2 aromatic rings. The number of carbonyl (C=O) groups excluding carboxylic acids is 1. The van der Waals surface area contributed by atoms with Crippen molar-refractivity contribution in [2.75, 3.05) is 26.9 Å². The monoisotopic (exact) mass is 319 g/mol. The number of hydrogen-bond acceptors (Lipinski definition) is 6. The van der Waals surface area contributed by atoms with Crippen LogP contribution in [0.5, 0.6) is 0 Å². The third-order valence-corrected chi connectivity index (χ3v) is 3.97. The van der Waals surface area contributed by atoms with E-state index in [1.54, 1.807) is 11.9 Å². The van der Waals surface area contributed by atoms with E-state index in [9.17, 15) is 4.79 Å². The molecule has 1 amide bonds. The molecule has 1 saturated heterocycles. The Kier molecular flexibility index (Phi) is 5.19. The Balaban J connectivity index is 1.45. The topological polar surface area (TPSA) is 77.7 Å². The lowest BCUT2D eigenvalue weighted by Gasteiger charge is -2.23. The summed E-state index contributed by atoms with van der Waals surface area (Å²) in [5.41, 5.74) is 2.37. The molecule has 0 spiro atoms. The number of rotatable bonds is 6. The molecule has 0 saturated carbocycles. The molecule has 3 rings (SSSR count). The van der Waals surface area contributed by atoms with Gasteiger partial charge in [0.05, 0.1) is 12.7 Å². The fourth-order valence-corrected chi connectivity index (χ4v) is 2.61. The first-order valence-electron chi connectivity index (χ1n) is 7.87. The summed E-state index contributed by atoms with van der Waals surface area (Å²) < 4.78 is 15.7. The van der Waals surface area contributed by atoms with Crippen molar-refractivity contribution in [3.05, 3.63) is 23.8 Å². The predicted molar refractivity (Wildman–Crippen MR) is 82.7 cm³/mol. The van der Waals surface area contributed by atoms with Crippen LogP contribution in [0.15, 0.2) is 22.8 Å². The summed E-state index contributed by atoms with van der Waals surface area (Å²) in [7, 11) is 1.76. The maximum Gasteiger partial charge on any atom is 0.248 e. The lowest BCUT2D eigenvalue weighted by Crippen LogP contribution is -2.32. The molecule has 124 valence electrons. The van der Waals surface area contributed by atoms with E-state index in [1.165, 1.54) is 6.42 Å². The van der Waals surface area contributed by atoms with Crippen molar-refractivity contribution in [3.8, 4) is 0 Å². The average Bonchev–Trinajstić information content (AvgIpc) is 3.03. The second kappa shape index (κ2) is 7.52. The zero-order chi connectivity index (χ0) is 16.1. The minimum atomic E-state index is -0.0563. The number of nitrogens with zero attached hydrogens (tertiary/aromatic N) is 3. The summed E-state index contributed by atoms with van der Waals surface area (Å²) in [6, 6.07) is 5.61. The molecule has 0 aliphatic carbocycles. The second-order valence-electron chi connectivity index (χ2n) is 5.84. The van der Waals surface area contributed by atoms with E-state index in [0.717, 1.165) is 25.0 Å². The van der Waals surface area contributed by atoms with Crippen LogP contribution >= 0.6 is 0 Å². The Morgan fingerprint density at radius 1 is 1.35 bits per heavy atom.